The van der Waals surface area contributed by atoms with Gasteiger partial charge in [-0.05, 0) is 61.4 Å². The van der Waals surface area contributed by atoms with Crippen molar-refractivity contribution in [2.45, 2.75) is 32.9 Å². The Hall–Kier alpha value is -2.22. The summed E-state index contributed by atoms with van der Waals surface area (Å²) in [5.41, 5.74) is 1.87. The fourth-order valence-electron chi connectivity index (χ4n) is 4.09. The SMILES string of the molecule is Cc1nn(Cc2ccc(F)cc2)c(Cl)c1C(=O)NCC1CCCN(Cc2cccs2)C1. The van der Waals surface area contributed by atoms with Gasteiger partial charge in [0.2, 0.25) is 0 Å². The molecule has 31 heavy (non-hydrogen) atoms. The number of piperidine rings is 1. The van der Waals surface area contributed by atoms with Gasteiger partial charge in [0, 0.05) is 24.5 Å². The molecule has 1 aromatic carbocycles. The summed E-state index contributed by atoms with van der Waals surface area (Å²) in [4.78, 5) is 16.7. The number of amides is 1. The van der Waals surface area contributed by atoms with Crippen molar-refractivity contribution >= 4 is 28.8 Å². The zero-order valence-electron chi connectivity index (χ0n) is 17.5. The van der Waals surface area contributed by atoms with Crippen LogP contribution in [0.2, 0.25) is 5.15 Å². The summed E-state index contributed by atoms with van der Waals surface area (Å²) in [6.07, 6.45) is 2.25. The minimum atomic E-state index is -0.289. The molecule has 0 aliphatic carbocycles. The number of hydrogen-bond donors (Lipinski definition) is 1. The van der Waals surface area contributed by atoms with Crippen LogP contribution in [0.3, 0.4) is 0 Å². The van der Waals surface area contributed by atoms with Crippen LogP contribution in [0.1, 0.15) is 39.3 Å². The van der Waals surface area contributed by atoms with Crippen molar-refractivity contribution in [2.75, 3.05) is 19.6 Å². The largest absolute Gasteiger partial charge is 0.352 e. The number of carbonyl (C=O) groups excluding carboxylic acids is 1. The number of rotatable bonds is 7. The molecule has 1 aliphatic rings. The van der Waals surface area contributed by atoms with Crippen LogP contribution < -0.4 is 5.32 Å². The molecule has 0 radical (unpaired) electrons. The maximum atomic E-state index is 13.1. The summed E-state index contributed by atoms with van der Waals surface area (Å²) < 4.78 is 14.7. The van der Waals surface area contributed by atoms with Crippen LogP contribution >= 0.6 is 22.9 Å². The van der Waals surface area contributed by atoms with Crippen molar-refractivity contribution < 1.29 is 9.18 Å². The topological polar surface area (TPSA) is 50.2 Å². The third-order valence-corrected chi connectivity index (χ3v) is 6.90. The second-order valence-electron chi connectivity index (χ2n) is 8.07. The highest BCUT2D eigenvalue weighted by atomic mass is 35.5. The molecule has 1 amide bonds. The molecule has 1 atom stereocenters. The average molecular weight is 461 g/mol. The fourth-order valence-corrected chi connectivity index (χ4v) is 5.15. The van der Waals surface area contributed by atoms with Gasteiger partial charge in [-0.1, -0.05) is 29.8 Å². The highest BCUT2D eigenvalue weighted by Crippen LogP contribution is 2.23. The van der Waals surface area contributed by atoms with Crippen molar-refractivity contribution in [3.8, 4) is 0 Å². The summed E-state index contributed by atoms with van der Waals surface area (Å²) in [7, 11) is 0. The number of carbonyl (C=O) groups is 1. The number of nitrogens with zero attached hydrogens (tertiary/aromatic N) is 3. The number of likely N-dealkylation sites (tertiary alicyclic amines) is 1. The van der Waals surface area contributed by atoms with Gasteiger partial charge in [-0.3, -0.25) is 9.69 Å². The first-order valence-corrected chi connectivity index (χ1v) is 11.8. The van der Waals surface area contributed by atoms with Gasteiger partial charge in [-0.25, -0.2) is 9.07 Å². The molecule has 1 N–H and O–H groups in total. The number of aryl methyl sites for hydroxylation is 1. The van der Waals surface area contributed by atoms with Crippen molar-refractivity contribution in [3.05, 3.63) is 74.4 Å². The van der Waals surface area contributed by atoms with Gasteiger partial charge in [0.1, 0.15) is 11.0 Å². The molecule has 1 fully saturated rings. The van der Waals surface area contributed by atoms with Crippen LogP contribution in [0, 0.1) is 18.7 Å². The number of nitrogens with one attached hydrogen (secondary N) is 1. The molecule has 8 heteroatoms. The highest BCUT2D eigenvalue weighted by molar-refractivity contribution is 7.09. The van der Waals surface area contributed by atoms with Gasteiger partial charge in [-0.15, -0.1) is 11.3 Å². The van der Waals surface area contributed by atoms with E-state index < -0.39 is 0 Å². The monoisotopic (exact) mass is 460 g/mol. The molecule has 4 rings (SSSR count). The maximum absolute atomic E-state index is 13.1. The van der Waals surface area contributed by atoms with E-state index in [1.54, 1.807) is 35.1 Å². The highest BCUT2D eigenvalue weighted by Gasteiger charge is 2.24. The summed E-state index contributed by atoms with van der Waals surface area (Å²) in [5, 5.41) is 9.90. The van der Waals surface area contributed by atoms with Crippen LogP contribution in [0.15, 0.2) is 41.8 Å². The second kappa shape index (κ2) is 9.94. The molecule has 0 saturated carbocycles. The predicted octanol–water partition coefficient (Wildman–Crippen LogP) is 4.74. The molecule has 3 heterocycles. The van der Waals surface area contributed by atoms with Crippen LogP contribution in [0.25, 0.3) is 0 Å². The Morgan fingerprint density at radius 3 is 2.84 bits per heavy atom. The normalized spacial score (nSPS) is 17.1. The first-order chi connectivity index (χ1) is 15.0. The molecule has 164 valence electrons. The van der Waals surface area contributed by atoms with E-state index in [1.807, 2.05) is 0 Å². The van der Waals surface area contributed by atoms with E-state index in [0.717, 1.165) is 38.0 Å². The van der Waals surface area contributed by atoms with Gasteiger partial charge in [0.15, 0.2) is 0 Å². The number of aromatic nitrogens is 2. The Morgan fingerprint density at radius 1 is 1.29 bits per heavy atom. The molecule has 0 spiro atoms. The molecule has 1 aliphatic heterocycles. The summed E-state index contributed by atoms with van der Waals surface area (Å²) in [6, 6.07) is 10.4. The van der Waals surface area contributed by atoms with E-state index in [1.165, 1.54) is 17.0 Å². The lowest BCUT2D eigenvalue weighted by Gasteiger charge is -2.32. The number of halogens is 2. The minimum absolute atomic E-state index is 0.191. The van der Waals surface area contributed by atoms with Crippen molar-refractivity contribution in [2.24, 2.45) is 5.92 Å². The second-order valence-corrected chi connectivity index (χ2v) is 9.46. The van der Waals surface area contributed by atoms with Crippen LogP contribution in [0.5, 0.6) is 0 Å². The van der Waals surface area contributed by atoms with Crippen LogP contribution in [-0.2, 0) is 13.1 Å². The van der Waals surface area contributed by atoms with Gasteiger partial charge >= 0.3 is 0 Å². The molecule has 1 unspecified atom stereocenters. The van der Waals surface area contributed by atoms with Gasteiger partial charge in [0.25, 0.3) is 5.91 Å². The Morgan fingerprint density at radius 2 is 2.10 bits per heavy atom. The fraction of sp³-hybridized carbons (Fsp3) is 0.391. The Kier molecular flexibility index (Phi) is 7.05. The van der Waals surface area contributed by atoms with Crippen molar-refractivity contribution in [1.82, 2.24) is 20.0 Å². The van der Waals surface area contributed by atoms with Crippen LogP contribution in [-0.4, -0.2) is 40.2 Å². The lowest BCUT2D eigenvalue weighted by molar-refractivity contribution is 0.0930. The predicted molar refractivity (Wildman–Crippen MR) is 122 cm³/mol. The number of benzene rings is 1. The quantitative estimate of drug-likeness (QED) is 0.554. The van der Waals surface area contributed by atoms with E-state index in [0.29, 0.717) is 35.4 Å². The Labute approximate surface area is 190 Å². The average Bonchev–Trinajstić information content (AvgIpc) is 3.36. The first kappa shape index (κ1) is 22.0. The van der Waals surface area contributed by atoms with Crippen molar-refractivity contribution in [3.63, 3.8) is 0 Å². The summed E-state index contributed by atoms with van der Waals surface area (Å²) >= 11 is 8.27. The van der Waals surface area contributed by atoms with Crippen molar-refractivity contribution in [1.29, 1.82) is 0 Å². The third-order valence-electron chi connectivity index (χ3n) is 5.65. The molecule has 0 bridgehead atoms. The number of thiophene rings is 1. The lowest BCUT2D eigenvalue weighted by atomic mass is 9.98. The van der Waals surface area contributed by atoms with Crippen LogP contribution in [0.4, 0.5) is 4.39 Å². The van der Waals surface area contributed by atoms with E-state index in [-0.39, 0.29) is 11.7 Å². The minimum Gasteiger partial charge on any atom is -0.352 e. The lowest BCUT2D eigenvalue weighted by Crippen LogP contribution is -2.40. The Balaban J connectivity index is 1.35. The van der Waals surface area contributed by atoms with E-state index >= 15 is 0 Å². The third kappa shape index (κ3) is 5.53. The molecule has 1 saturated heterocycles. The van der Waals surface area contributed by atoms with E-state index in [4.69, 9.17) is 11.6 Å². The molecular formula is C23H26ClFN4OS. The zero-order chi connectivity index (χ0) is 21.8. The maximum Gasteiger partial charge on any atom is 0.256 e. The molecule has 2 aromatic heterocycles. The Bertz CT molecular complexity index is 1020. The van der Waals surface area contributed by atoms with Gasteiger partial charge < -0.3 is 5.32 Å². The van der Waals surface area contributed by atoms with Gasteiger partial charge in [0.05, 0.1) is 17.8 Å². The smallest absolute Gasteiger partial charge is 0.256 e. The van der Waals surface area contributed by atoms with E-state index in [9.17, 15) is 9.18 Å². The van der Waals surface area contributed by atoms with Gasteiger partial charge in [-0.2, -0.15) is 5.10 Å². The first-order valence-electron chi connectivity index (χ1n) is 10.5. The number of hydrogen-bond acceptors (Lipinski definition) is 4. The summed E-state index contributed by atoms with van der Waals surface area (Å²) in [5.74, 6) is -0.0579. The molecule has 5 nitrogen and oxygen atoms in total. The zero-order valence-corrected chi connectivity index (χ0v) is 19.1. The summed E-state index contributed by atoms with van der Waals surface area (Å²) in [6.45, 7) is 5.85. The molecular weight excluding hydrogens is 435 g/mol. The van der Waals surface area contributed by atoms with E-state index in [2.05, 4.69) is 32.8 Å². The molecule has 3 aromatic rings. The standard InChI is InChI=1S/C23H26ClFN4OS/c1-16-21(22(24)29(27-16)14-17-6-8-19(25)9-7-17)23(30)26-12-18-4-2-10-28(13-18)15-20-5-3-11-31-20/h3,5-9,11,18H,2,4,10,12-15H2,1H3,(H,26,30).